The van der Waals surface area contributed by atoms with Crippen molar-refractivity contribution in [2.75, 3.05) is 7.11 Å². The Labute approximate surface area is 237 Å². The molecular weight excluding hydrogens is 546 g/mol. The summed E-state index contributed by atoms with van der Waals surface area (Å²) in [5, 5.41) is 1.76. The second-order valence-electron chi connectivity index (χ2n) is 9.59. The average molecular weight is 572 g/mol. The molecule has 0 aliphatic rings. The predicted octanol–water partition coefficient (Wildman–Crippen LogP) is 6.98. The van der Waals surface area contributed by atoms with Gasteiger partial charge in [0.05, 0.1) is 28.2 Å². The van der Waals surface area contributed by atoms with Gasteiger partial charge in [-0.1, -0.05) is 59.6 Å². The van der Waals surface area contributed by atoms with Crippen LogP contribution in [0.15, 0.2) is 96.2 Å². The Hall–Kier alpha value is -4.27. The third-order valence-electron chi connectivity index (χ3n) is 6.96. The van der Waals surface area contributed by atoms with Gasteiger partial charge >= 0.3 is 0 Å². The van der Waals surface area contributed by atoms with Gasteiger partial charge in [-0.05, 0) is 42.8 Å². The lowest BCUT2D eigenvalue weighted by Crippen LogP contribution is -2.14. The maximum atomic E-state index is 14.1. The van der Waals surface area contributed by atoms with Gasteiger partial charge in [0, 0.05) is 41.8 Å². The third kappa shape index (κ3) is 4.39. The lowest BCUT2D eigenvalue weighted by atomic mass is 10.1. The summed E-state index contributed by atoms with van der Waals surface area (Å²) in [4.78, 5) is 4.59. The molecular formula is C31H26ClN3O4S. The molecule has 9 heteroatoms. The Morgan fingerprint density at radius 2 is 1.68 bits per heavy atom. The molecule has 3 aromatic heterocycles. The molecule has 0 aliphatic heterocycles. The van der Waals surface area contributed by atoms with Crippen LogP contribution in [0.5, 0.6) is 11.5 Å². The molecule has 0 saturated carbocycles. The minimum atomic E-state index is -4.03. The molecule has 0 N–H and O–H groups in total. The molecule has 0 fully saturated rings. The number of nitrogens with zero attached hydrogens (tertiary/aromatic N) is 3. The molecule has 202 valence electrons. The molecule has 3 aromatic carbocycles. The quantitative estimate of drug-likeness (QED) is 0.207. The number of halogens is 1. The Morgan fingerprint density at radius 3 is 2.40 bits per heavy atom. The Balaban J connectivity index is 1.55. The van der Waals surface area contributed by atoms with Gasteiger partial charge in [-0.25, -0.2) is 17.4 Å². The van der Waals surface area contributed by atoms with E-state index in [2.05, 4.69) is 4.98 Å². The summed E-state index contributed by atoms with van der Waals surface area (Å²) < 4.78 is 43.2. The van der Waals surface area contributed by atoms with Crippen LogP contribution >= 0.6 is 11.6 Å². The van der Waals surface area contributed by atoms with Crippen molar-refractivity contribution in [2.45, 2.75) is 18.4 Å². The number of ether oxygens (including phenoxy) is 2. The Morgan fingerprint density at radius 1 is 0.925 bits per heavy atom. The molecule has 40 heavy (non-hydrogen) atoms. The van der Waals surface area contributed by atoms with E-state index in [4.69, 9.17) is 21.1 Å². The second-order valence-corrected chi connectivity index (χ2v) is 11.8. The maximum Gasteiger partial charge on any atom is 0.269 e. The summed E-state index contributed by atoms with van der Waals surface area (Å²) in [6, 6.07) is 23.9. The molecule has 0 spiro atoms. The summed E-state index contributed by atoms with van der Waals surface area (Å²) in [7, 11) is -0.533. The van der Waals surface area contributed by atoms with Crippen molar-refractivity contribution in [3.05, 3.63) is 107 Å². The van der Waals surface area contributed by atoms with Crippen LogP contribution in [0.1, 0.15) is 11.1 Å². The van der Waals surface area contributed by atoms with E-state index in [1.165, 1.54) is 10.2 Å². The number of pyridine rings is 1. The number of hydrogen-bond acceptors (Lipinski definition) is 5. The summed E-state index contributed by atoms with van der Waals surface area (Å²) in [6.45, 7) is 2.29. The largest absolute Gasteiger partial charge is 0.493 e. The standard InChI is InChI=1S/C31H26ClN3O4S/c1-20-9-11-22(12-10-20)40(36,37)35-28(15-24-26(32)13-14-33-31(24)35)25-18-34(2)27-17-30(29(38-3)16-23(25)27)39-19-21-7-5-4-6-8-21/h4-18H,19H2,1-3H3. The number of methoxy groups -OCH3 is 1. The van der Waals surface area contributed by atoms with Crippen molar-refractivity contribution >= 4 is 43.6 Å². The second kappa shape index (κ2) is 10.0. The van der Waals surface area contributed by atoms with Crippen molar-refractivity contribution in [2.24, 2.45) is 7.05 Å². The Kier molecular flexibility index (Phi) is 6.52. The average Bonchev–Trinajstić information content (AvgIpc) is 3.51. The van der Waals surface area contributed by atoms with Crippen LogP contribution in [0, 0.1) is 6.92 Å². The third-order valence-corrected chi connectivity index (χ3v) is 9.00. The lowest BCUT2D eigenvalue weighted by Gasteiger charge is -2.13. The first-order chi connectivity index (χ1) is 19.3. The van der Waals surface area contributed by atoms with Gasteiger partial charge in [-0.15, -0.1) is 0 Å². The number of rotatable bonds is 7. The van der Waals surface area contributed by atoms with E-state index in [9.17, 15) is 8.42 Å². The first kappa shape index (κ1) is 26.0. The van der Waals surface area contributed by atoms with Crippen molar-refractivity contribution in [3.8, 4) is 22.8 Å². The van der Waals surface area contributed by atoms with Crippen LogP contribution in [-0.2, 0) is 23.7 Å². The maximum absolute atomic E-state index is 14.1. The van der Waals surface area contributed by atoms with Gasteiger partial charge in [-0.2, -0.15) is 0 Å². The fourth-order valence-corrected chi connectivity index (χ4v) is 6.56. The molecule has 7 nitrogen and oxygen atoms in total. The van der Waals surface area contributed by atoms with Crippen LogP contribution in [0.4, 0.5) is 0 Å². The highest BCUT2D eigenvalue weighted by Crippen LogP contribution is 2.41. The number of benzene rings is 3. The molecule has 3 heterocycles. The molecule has 0 unspecified atom stereocenters. The fraction of sp³-hybridized carbons (Fsp3) is 0.129. The van der Waals surface area contributed by atoms with E-state index in [1.54, 1.807) is 43.5 Å². The first-order valence-corrected chi connectivity index (χ1v) is 14.4. The zero-order valence-corrected chi connectivity index (χ0v) is 23.7. The van der Waals surface area contributed by atoms with Gasteiger partial charge in [0.15, 0.2) is 17.1 Å². The van der Waals surface area contributed by atoms with Gasteiger partial charge in [-0.3, -0.25) is 0 Å². The Bertz CT molecular complexity index is 1980. The van der Waals surface area contributed by atoms with Gasteiger partial charge < -0.3 is 14.0 Å². The smallest absolute Gasteiger partial charge is 0.269 e. The summed E-state index contributed by atoms with van der Waals surface area (Å²) in [5.74, 6) is 1.13. The van der Waals surface area contributed by atoms with E-state index in [0.29, 0.717) is 39.8 Å². The molecule has 0 amide bonds. The molecule has 0 saturated heterocycles. The monoisotopic (exact) mass is 571 g/mol. The minimum absolute atomic E-state index is 0.160. The van der Waals surface area contributed by atoms with Crippen LogP contribution in [0.2, 0.25) is 5.02 Å². The van der Waals surface area contributed by atoms with Crippen molar-refractivity contribution in [3.63, 3.8) is 0 Å². The van der Waals surface area contributed by atoms with Crippen molar-refractivity contribution in [1.29, 1.82) is 0 Å². The van der Waals surface area contributed by atoms with Crippen LogP contribution in [0.3, 0.4) is 0 Å². The van der Waals surface area contributed by atoms with E-state index in [-0.39, 0.29) is 10.5 Å². The van der Waals surface area contributed by atoms with E-state index < -0.39 is 10.0 Å². The van der Waals surface area contributed by atoms with E-state index in [0.717, 1.165) is 22.0 Å². The molecule has 6 aromatic rings. The number of hydrogen-bond donors (Lipinski definition) is 0. The zero-order chi connectivity index (χ0) is 28.0. The summed E-state index contributed by atoms with van der Waals surface area (Å²) in [5.41, 5.74) is 4.24. The minimum Gasteiger partial charge on any atom is -0.493 e. The first-order valence-electron chi connectivity index (χ1n) is 12.6. The number of aryl methyl sites for hydroxylation is 2. The predicted molar refractivity (Wildman–Crippen MR) is 158 cm³/mol. The highest BCUT2D eigenvalue weighted by atomic mass is 35.5. The molecule has 0 atom stereocenters. The number of aromatic nitrogens is 3. The fourth-order valence-electron chi connectivity index (χ4n) is 4.89. The van der Waals surface area contributed by atoms with E-state index in [1.807, 2.05) is 67.2 Å². The normalized spacial score (nSPS) is 11.8. The van der Waals surface area contributed by atoms with Crippen molar-refractivity contribution in [1.82, 2.24) is 13.5 Å². The van der Waals surface area contributed by atoms with Gasteiger partial charge in [0.1, 0.15) is 6.61 Å². The summed E-state index contributed by atoms with van der Waals surface area (Å²) >= 11 is 6.53. The lowest BCUT2D eigenvalue weighted by molar-refractivity contribution is 0.285. The molecule has 0 aliphatic carbocycles. The van der Waals surface area contributed by atoms with Crippen LogP contribution < -0.4 is 9.47 Å². The SMILES string of the molecule is COc1cc2c(-c3cc4c(Cl)ccnc4n3S(=O)(=O)c3ccc(C)cc3)cn(C)c2cc1OCc1ccccc1. The number of fused-ring (bicyclic) bond motifs is 2. The molecule has 6 rings (SSSR count). The van der Waals surface area contributed by atoms with Crippen LogP contribution in [-0.4, -0.2) is 29.1 Å². The van der Waals surface area contributed by atoms with E-state index >= 15 is 0 Å². The van der Waals surface area contributed by atoms with Gasteiger partial charge in [0.2, 0.25) is 0 Å². The topological polar surface area (TPSA) is 75.4 Å². The highest BCUT2D eigenvalue weighted by Gasteiger charge is 2.27. The zero-order valence-electron chi connectivity index (χ0n) is 22.1. The molecule has 0 radical (unpaired) electrons. The highest BCUT2D eigenvalue weighted by molar-refractivity contribution is 7.90. The van der Waals surface area contributed by atoms with Crippen LogP contribution in [0.25, 0.3) is 33.2 Å². The molecule has 0 bridgehead atoms. The van der Waals surface area contributed by atoms with Crippen molar-refractivity contribution < 1.29 is 17.9 Å². The summed E-state index contributed by atoms with van der Waals surface area (Å²) in [6.07, 6.45) is 3.41. The van der Waals surface area contributed by atoms with Gasteiger partial charge in [0.25, 0.3) is 10.0 Å².